The lowest BCUT2D eigenvalue weighted by Crippen LogP contribution is -2.13. The van der Waals surface area contributed by atoms with Crippen LogP contribution in [0.3, 0.4) is 0 Å². The number of carbonyl (C=O) groups is 2. The summed E-state index contributed by atoms with van der Waals surface area (Å²) in [5.74, 6) is -1.31. The second-order valence-corrected chi connectivity index (χ2v) is 5.62. The summed E-state index contributed by atoms with van der Waals surface area (Å²) in [5.41, 5.74) is 4.31. The smallest absolute Gasteiger partial charge is 0.303 e. The molecule has 0 fully saturated rings. The third-order valence-electron chi connectivity index (χ3n) is 3.62. The summed E-state index contributed by atoms with van der Waals surface area (Å²) in [4.78, 5) is 26.9. The summed E-state index contributed by atoms with van der Waals surface area (Å²) in [7, 11) is 0. The van der Waals surface area contributed by atoms with Gasteiger partial charge in [0.05, 0.1) is 12.1 Å². The number of carboxylic acids is 1. The molecule has 24 heavy (non-hydrogen) atoms. The molecule has 6 heteroatoms. The quantitative estimate of drug-likeness (QED) is 0.755. The van der Waals surface area contributed by atoms with Gasteiger partial charge in [-0.15, -0.1) is 0 Å². The van der Waals surface area contributed by atoms with Crippen molar-refractivity contribution in [3.8, 4) is 11.3 Å². The molecule has 6 nitrogen and oxygen atoms in total. The maximum Gasteiger partial charge on any atom is 0.303 e. The molecule has 2 heterocycles. The first-order valence-corrected chi connectivity index (χ1v) is 7.59. The molecule has 2 N–H and O–H groups in total. The van der Waals surface area contributed by atoms with E-state index in [1.54, 1.807) is 6.07 Å². The lowest BCUT2D eigenvalue weighted by Gasteiger charge is -2.05. The van der Waals surface area contributed by atoms with Crippen LogP contribution in [0, 0.1) is 6.92 Å². The topological polar surface area (TPSA) is 83.7 Å². The number of amides is 1. The number of benzene rings is 1. The second kappa shape index (κ2) is 6.54. The van der Waals surface area contributed by atoms with E-state index in [0.29, 0.717) is 5.69 Å². The summed E-state index contributed by atoms with van der Waals surface area (Å²) in [6.45, 7) is 2.02. The Balaban J connectivity index is 1.81. The van der Waals surface area contributed by atoms with Crippen molar-refractivity contribution in [2.24, 2.45) is 0 Å². The molecule has 0 unspecified atom stereocenters. The molecule has 3 rings (SSSR count). The van der Waals surface area contributed by atoms with Crippen LogP contribution in [-0.4, -0.2) is 26.4 Å². The van der Waals surface area contributed by atoms with Crippen molar-refractivity contribution in [2.75, 3.05) is 5.32 Å². The van der Waals surface area contributed by atoms with E-state index in [-0.39, 0.29) is 18.7 Å². The fourth-order valence-corrected chi connectivity index (χ4v) is 2.42. The van der Waals surface area contributed by atoms with Crippen LogP contribution >= 0.6 is 0 Å². The Labute approximate surface area is 138 Å². The number of hydrogen-bond acceptors (Lipinski definition) is 3. The van der Waals surface area contributed by atoms with E-state index in [1.165, 1.54) is 0 Å². The van der Waals surface area contributed by atoms with Gasteiger partial charge >= 0.3 is 5.97 Å². The van der Waals surface area contributed by atoms with Gasteiger partial charge in [0.2, 0.25) is 5.91 Å². The lowest BCUT2D eigenvalue weighted by molar-refractivity contribution is -0.138. The average Bonchev–Trinajstić information content (AvgIpc) is 2.96. The van der Waals surface area contributed by atoms with Gasteiger partial charge < -0.3 is 14.8 Å². The molecule has 0 bridgehead atoms. The normalized spacial score (nSPS) is 10.7. The molecule has 0 spiro atoms. The maximum atomic E-state index is 11.7. The van der Waals surface area contributed by atoms with Gasteiger partial charge in [-0.25, -0.2) is 4.98 Å². The summed E-state index contributed by atoms with van der Waals surface area (Å²) >= 11 is 0. The SMILES string of the molecule is Cc1ccn2cc(-c3cccc(NC(=O)CCC(=O)O)c3)nc2c1. The molecule has 122 valence electrons. The van der Waals surface area contributed by atoms with E-state index in [4.69, 9.17) is 5.11 Å². The molecule has 2 aromatic heterocycles. The predicted molar refractivity (Wildman–Crippen MR) is 90.9 cm³/mol. The van der Waals surface area contributed by atoms with Crippen LogP contribution in [0.5, 0.6) is 0 Å². The highest BCUT2D eigenvalue weighted by Gasteiger charge is 2.08. The number of carboxylic acid groups (broad SMARTS) is 1. The lowest BCUT2D eigenvalue weighted by atomic mass is 10.1. The van der Waals surface area contributed by atoms with Gasteiger partial charge in [0.15, 0.2) is 0 Å². The van der Waals surface area contributed by atoms with Crippen molar-refractivity contribution in [1.82, 2.24) is 9.38 Å². The third-order valence-corrected chi connectivity index (χ3v) is 3.62. The Hall–Kier alpha value is -3.15. The highest BCUT2D eigenvalue weighted by atomic mass is 16.4. The van der Waals surface area contributed by atoms with Gasteiger partial charge in [-0.3, -0.25) is 9.59 Å². The van der Waals surface area contributed by atoms with Crippen molar-refractivity contribution in [1.29, 1.82) is 0 Å². The molecular weight excluding hydrogens is 306 g/mol. The predicted octanol–water partition coefficient (Wildman–Crippen LogP) is 3.11. The third kappa shape index (κ3) is 3.60. The van der Waals surface area contributed by atoms with Gasteiger partial charge in [-0.05, 0) is 36.8 Å². The number of aliphatic carboxylic acids is 1. The number of anilines is 1. The number of hydrogen-bond donors (Lipinski definition) is 2. The van der Waals surface area contributed by atoms with Gasteiger partial charge in [0.25, 0.3) is 0 Å². The fourth-order valence-electron chi connectivity index (χ4n) is 2.42. The first-order valence-electron chi connectivity index (χ1n) is 7.59. The van der Waals surface area contributed by atoms with Crippen molar-refractivity contribution in [3.05, 3.63) is 54.4 Å². The second-order valence-electron chi connectivity index (χ2n) is 5.62. The molecule has 0 aliphatic carbocycles. The van der Waals surface area contributed by atoms with E-state index in [1.807, 2.05) is 54.0 Å². The van der Waals surface area contributed by atoms with E-state index in [0.717, 1.165) is 22.5 Å². The number of fused-ring (bicyclic) bond motifs is 1. The summed E-state index contributed by atoms with van der Waals surface area (Å²) < 4.78 is 1.94. The molecule has 1 aromatic carbocycles. The van der Waals surface area contributed by atoms with Crippen LogP contribution in [-0.2, 0) is 9.59 Å². The highest BCUT2D eigenvalue weighted by molar-refractivity contribution is 5.93. The van der Waals surface area contributed by atoms with E-state index >= 15 is 0 Å². The molecular formula is C18H17N3O3. The number of nitrogens with one attached hydrogen (secondary N) is 1. The van der Waals surface area contributed by atoms with Crippen molar-refractivity contribution < 1.29 is 14.7 Å². The number of imidazole rings is 1. The number of nitrogens with zero attached hydrogens (tertiary/aromatic N) is 2. The molecule has 3 aromatic rings. The first-order chi connectivity index (χ1) is 11.5. The first kappa shape index (κ1) is 15.7. The number of aromatic nitrogens is 2. The standard InChI is InChI=1S/C18H17N3O3/c1-12-7-8-21-11-15(20-16(21)9-12)13-3-2-4-14(10-13)19-17(22)5-6-18(23)24/h2-4,7-11H,5-6H2,1H3,(H,19,22)(H,23,24). The Morgan fingerprint density at radius 3 is 2.83 bits per heavy atom. The molecule has 0 aliphatic rings. The summed E-state index contributed by atoms with van der Waals surface area (Å²) in [5, 5.41) is 11.3. The van der Waals surface area contributed by atoms with Crippen LogP contribution in [0.2, 0.25) is 0 Å². The molecule has 0 aliphatic heterocycles. The number of aryl methyl sites for hydroxylation is 1. The van der Waals surface area contributed by atoms with Gasteiger partial charge in [-0.1, -0.05) is 12.1 Å². The Morgan fingerprint density at radius 1 is 1.21 bits per heavy atom. The zero-order chi connectivity index (χ0) is 17.1. The Kier molecular flexibility index (Phi) is 4.29. The van der Waals surface area contributed by atoms with Crippen molar-refractivity contribution in [3.63, 3.8) is 0 Å². The zero-order valence-corrected chi connectivity index (χ0v) is 13.2. The highest BCUT2D eigenvalue weighted by Crippen LogP contribution is 2.23. The minimum Gasteiger partial charge on any atom is -0.481 e. The minimum absolute atomic E-state index is 0.0484. The van der Waals surface area contributed by atoms with Crippen LogP contribution in [0.15, 0.2) is 48.8 Å². The van der Waals surface area contributed by atoms with Gasteiger partial charge in [0.1, 0.15) is 5.65 Å². The van der Waals surface area contributed by atoms with Crippen LogP contribution in [0.4, 0.5) is 5.69 Å². The molecule has 0 atom stereocenters. The molecule has 0 saturated carbocycles. The molecule has 0 radical (unpaired) electrons. The molecule has 1 amide bonds. The van der Waals surface area contributed by atoms with Crippen LogP contribution in [0.25, 0.3) is 16.9 Å². The average molecular weight is 323 g/mol. The number of carbonyl (C=O) groups excluding carboxylic acids is 1. The Morgan fingerprint density at radius 2 is 2.04 bits per heavy atom. The van der Waals surface area contributed by atoms with Gasteiger partial charge in [0, 0.05) is 30.1 Å². The summed E-state index contributed by atoms with van der Waals surface area (Å²) in [6, 6.07) is 11.4. The van der Waals surface area contributed by atoms with Crippen molar-refractivity contribution >= 4 is 23.2 Å². The fraction of sp³-hybridized carbons (Fsp3) is 0.167. The number of rotatable bonds is 5. The number of pyridine rings is 1. The van der Waals surface area contributed by atoms with Gasteiger partial charge in [-0.2, -0.15) is 0 Å². The maximum absolute atomic E-state index is 11.7. The van der Waals surface area contributed by atoms with E-state index in [9.17, 15) is 9.59 Å². The van der Waals surface area contributed by atoms with E-state index < -0.39 is 5.97 Å². The Bertz CT molecular complexity index is 915. The van der Waals surface area contributed by atoms with Crippen LogP contribution in [0.1, 0.15) is 18.4 Å². The monoisotopic (exact) mass is 323 g/mol. The van der Waals surface area contributed by atoms with Crippen LogP contribution < -0.4 is 5.32 Å². The summed E-state index contributed by atoms with van der Waals surface area (Å²) in [6.07, 6.45) is 3.66. The largest absolute Gasteiger partial charge is 0.481 e. The molecule has 0 saturated heterocycles. The zero-order valence-electron chi connectivity index (χ0n) is 13.2. The van der Waals surface area contributed by atoms with Crippen molar-refractivity contribution in [2.45, 2.75) is 19.8 Å². The van der Waals surface area contributed by atoms with E-state index in [2.05, 4.69) is 10.3 Å². The minimum atomic E-state index is -0.987.